The van der Waals surface area contributed by atoms with Crippen molar-refractivity contribution in [2.75, 3.05) is 11.9 Å². The van der Waals surface area contributed by atoms with Crippen LogP contribution in [0.2, 0.25) is 0 Å². The maximum atomic E-state index is 2.39. The van der Waals surface area contributed by atoms with Gasteiger partial charge in [0.05, 0.1) is 0 Å². The van der Waals surface area contributed by atoms with Gasteiger partial charge in [-0.25, -0.2) is 0 Å². The Morgan fingerprint density at radius 2 is 1.68 bits per heavy atom. The van der Waals surface area contributed by atoms with Gasteiger partial charge in [-0.1, -0.05) is 42.0 Å². The van der Waals surface area contributed by atoms with Gasteiger partial charge in [-0.3, -0.25) is 0 Å². The summed E-state index contributed by atoms with van der Waals surface area (Å²) in [5.74, 6) is 0. The SMILES string of the molecule is C/C=C1/CCc2ccccc2N(C)C1C.C/C=C\C. The van der Waals surface area contributed by atoms with Crippen LogP contribution in [-0.2, 0) is 6.42 Å². The summed E-state index contributed by atoms with van der Waals surface area (Å²) in [6.45, 7) is 8.44. The van der Waals surface area contributed by atoms with Crippen LogP contribution in [0.3, 0.4) is 0 Å². The smallest absolute Gasteiger partial charge is 0.0470 e. The zero-order valence-electron chi connectivity index (χ0n) is 13.0. The molecule has 0 saturated carbocycles. The number of para-hydroxylation sites is 1. The van der Waals surface area contributed by atoms with E-state index in [1.807, 2.05) is 26.0 Å². The van der Waals surface area contributed by atoms with Gasteiger partial charge in [0, 0.05) is 18.8 Å². The largest absolute Gasteiger partial charge is 0.368 e. The minimum atomic E-state index is 0.527. The second-order valence-corrected chi connectivity index (χ2v) is 4.95. The molecule has 0 spiro atoms. The molecule has 0 saturated heterocycles. The number of aryl methyl sites for hydroxylation is 1. The van der Waals surface area contributed by atoms with Gasteiger partial charge >= 0.3 is 0 Å². The predicted molar refractivity (Wildman–Crippen MR) is 86.9 cm³/mol. The Bertz CT molecular complexity index is 439. The third kappa shape index (κ3) is 3.99. The van der Waals surface area contributed by atoms with E-state index in [-0.39, 0.29) is 0 Å². The van der Waals surface area contributed by atoms with Gasteiger partial charge in [0.25, 0.3) is 0 Å². The summed E-state index contributed by atoms with van der Waals surface area (Å²) in [6, 6.07) is 9.26. The Kier molecular flexibility index (Phi) is 6.41. The number of likely N-dealkylation sites (N-methyl/N-ethyl adjacent to an activating group) is 1. The summed E-state index contributed by atoms with van der Waals surface area (Å²) >= 11 is 0. The Hall–Kier alpha value is -1.50. The molecule has 104 valence electrons. The minimum absolute atomic E-state index is 0.527. The van der Waals surface area contributed by atoms with Crippen molar-refractivity contribution >= 4 is 5.69 Å². The van der Waals surface area contributed by atoms with Crippen molar-refractivity contribution in [3.05, 3.63) is 53.6 Å². The van der Waals surface area contributed by atoms with E-state index >= 15 is 0 Å². The summed E-state index contributed by atoms with van der Waals surface area (Å²) in [5, 5.41) is 0. The van der Waals surface area contributed by atoms with Crippen molar-refractivity contribution < 1.29 is 0 Å². The highest BCUT2D eigenvalue weighted by Gasteiger charge is 2.20. The third-order valence-corrected chi connectivity index (χ3v) is 3.88. The van der Waals surface area contributed by atoms with Crippen molar-refractivity contribution in [2.45, 2.75) is 46.6 Å². The molecule has 19 heavy (non-hydrogen) atoms. The molecule has 1 heteroatoms. The first kappa shape index (κ1) is 15.6. The van der Waals surface area contributed by atoms with Crippen LogP contribution < -0.4 is 4.90 Å². The second kappa shape index (κ2) is 7.83. The normalized spacial score (nSPS) is 20.8. The summed E-state index contributed by atoms with van der Waals surface area (Å²) < 4.78 is 0. The topological polar surface area (TPSA) is 3.24 Å². The molecule has 1 nitrogen and oxygen atoms in total. The lowest BCUT2D eigenvalue weighted by Crippen LogP contribution is -2.29. The molecule has 1 heterocycles. The van der Waals surface area contributed by atoms with Gasteiger partial charge in [-0.05, 0) is 52.2 Å². The average Bonchev–Trinajstić information content (AvgIpc) is 2.58. The molecule has 0 radical (unpaired) electrons. The lowest BCUT2D eigenvalue weighted by molar-refractivity contribution is 0.753. The summed E-state index contributed by atoms with van der Waals surface area (Å²) in [4.78, 5) is 2.39. The molecule has 0 aromatic heterocycles. The molecule has 0 amide bonds. The molecule has 2 rings (SSSR count). The van der Waals surface area contributed by atoms with Crippen molar-refractivity contribution in [3.8, 4) is 0 Å². The van der Waals surface area contributed by atoms with Gasteiger partial charge < -0.3 is 4.90 Å². The zero-order chi connectivity index (χ0) is 14.3. The summed E-state index contributed by atoms with van der Waals surface area (Å²) in [6.07, 6.45) is 8.64. The van der Waals surface area contributed by atoms with Crippen LogP contribution in [0.1, 0.15) is 39.7 Å². The maximum Gasteiger partial charge on any atom is 0.0470 e. The number of hydrogen-bond donors (Lipinski definition) is 0. The van der Waals surface area contributed by atoms with Crippen molar-refractivity contribution in [2.24, 2.45) is 0 Å². The Morgan fingerprint density at radius 3 is 2.26 bits per heavy atom. The third-order valence-electron chi connectivity index (χ3n) is 3.88. The van der Waals surface area contributed by atoms with Gasteiger partial charge in [-0.2, -0.15) is 0 Å². The highest BCUT2D eigenvalue weighted by atomic mass is 15.1. The number of anilines is 1. The van der Waals surface area contributed by atoms with Crippen LogP contribution in [0.15, 0.2) is 48.1 Å². The maximum absolute atomic E-state index is 2.39. The molecule has 1 aromatic rings. The number of nitrogens with zero attached hydrogens (tertiary/aromatic N) is 1. The Labute approximate surface area is 118 Å². The van der Waals surface area contributed by atoms with E-state index in [4.69, 9.17) is 0 Å². The molecule has 1 atom stereocenters. The van der Waals surface area contributed by atoms with Crippen LogP contribution in [-0.4, -0.2) is 13.1 Å². The lowest BCUT2D eigenvalue weighted by atomic mass is 10.0. The van der Waals surface area contributed by atoms with E-state index < -0.39 is 0 Å². The van der Waals surface area contributed by atoms with E-state index in [1.54, 1.807) is 5.57 Å². The first-order chi connectivity index (χ1) is 9.15. The van der Waals surface area contributed by atoms with Crippen LogP contribution in [0.5, 0.6) is 0 Å². The molecule has 1 aliphatic heterocycles. The molecular weight excluding hydrogens is 230 g/mol. The van der Waals surface area contributed by atoms with Gasteiger partial charge in [-0.15, -0.1) is 0 Å². The van der Waals surface area contributed by atoms with Crippen LogP contribution in [0.25, 0.3) is 0 Å². The van der Waals surface area contributed by atoms with E-state index in [0.717, 1.165) is 0 Å². The standard InChI is InChI=1S/C14H19N.C4H8/c1-4-12-9-10-13-7-5-6-8-14(13)15(3)11(12)2;1-3-4-2/h4-8,11H,9-10H2,1-3H3;3-4H,1-2H3/b12-4-;4-3-. The van der Waals surface area contributed by atoms with Crippen molar-refractivity contribution in [3.63, 3.8) is 0 Å². The molecular formula is C18H27N. The zero-order valence-corrected chi connectivity index (χ0v) is 13.0. The lowest BCUT2D eigenvalue weighted by Gasteiger charge is -2.27. The molecule has 1 aliphatic rings. The molecule has 1 unspecified atom stereocenters. The van der Waals surface area contributed by atoms with Gasteiger partial charge in [0.1, 0.15) is 0 Å². The van der Waals surface area contributed by atoms with E-state index in [9.17, 15) is 0 Å². The van der Waals surface area contributed by atoms with E-state index in [2.05, 4.69) is 56.1 Å². The minimum Gasteiger partial charge on any atom is -0.368 e. The van der Waals surface area contributed by atoms with Crippen LogP contribution >= 0.6 is 0 Å². The van der Waals surface area contributed by atoms with Crippen LogP contribution in [0, 0.1) is 0 Å². The fraction of sp³-hybridized carbons (Fsp3) is 0.444. The summed E-state index contributed by atoms with van der Waals surface area (Å²) in [7, 11) is 2.19. The highest BCUT2D eigenvalue weighted by Crippen LogP contribution is 2.30. The quantitative estimate of drug-likeness (QED) is 0.592. The molecule has 0 aliphatic carbocycles. The highest BCUT2D eigenvalue weighted by molar-refractivity contribution is 5.56. The van der Waals surface area contributed by atoms with Gasteiger partial charge in [0.2, 0.25) is 0 Å². The first-order valence-corrected chi connectivity index (χ1v) is 7.18. The number of fused-ring (bicyclic) bond motifs is 1. The number of rotatable bonds is 0. The molecule has 1 aromatic carbocycles. The number of hydrogen-bond acceptors (Lipinski definition) is 1. The predicted octanol–water partition coefficient (Wildman–Crippen LogP) is 4.99. The van der Waals surface area contributed by atoms with Crippen molar-refractivity contribution in [1.82, 2.24) is 0 Å². The van der Waals surface area contributed by atoms with Crippen LogP contribution in [0.4, 0.5) is 5.69 Å². The summed E-state index contributed by atoms with van der Waals surface area (Å²) in [5.41, 5.74) is 4.42. The average molecular weight is 257 g/mol. The monoisotopic (exact) mass is 257 g/mol. The fourth-order valence-electron chi connectivity index (χ4n) is 2.40. The van der Waals surface area contributed by atoms with E-state index in [1.165, 1.54) is 24.1 Å². The Morgan fingerprint density at radius 1 is 1.05 bits per heavy atom. The first-order valence-electron chi connectivity index (χ1n) is 7.18. The Balaban J connectivity index is 0.000000399. The number of allylic oxidation sites excluding steroid dienone is 3. The molecule has 0 bridgehead atoms. The number of benzene rings is 1. The fourth-order valence-corrected chi connectivity index (χ4v) is 2.40. The van der Waals surface area contributed by atoms with E-state index in [0.29, 0.717) is 6.04 Å². The van der Waals surface area contributed by atoms with Gasteiger partial charge in [0.15, 0.2) is 0 Å². The molecule has 0 fully saturated rings. The molecule has 0 N–H and O–H groups in total. The van der Waals surface area contributed by atoms with Crippen molar-refractivity contribution in [1.29, 1.82) is 0 Å². The second-order valence-electron chi connectivity index (χ2n) is 4.95.